The molecule has 1 aromatic heterocycles. The fraction of sp³-hybridized carbons (Fsp3) is 0.400. The largest absolute Gasteiger partial charge is 0.379 e. The van der Waals surface area contributed by atoms with E-state index in [4.69, 9.17) is 4.74 Å². The summed E-state index contributed by atoms with van der Waals surface area (Å²) in [7, 11) is 0. The van der Waals surface area contributed by atoms with Crippen LogP contribution in [0.4, 0.5) is 0 Å². The number of aromatic nitrogens is 2. The lowest BCUT2D eigenvalue weighted by Gasteiger charge is -2.26. The van der Waals surface area contributed by atoms with Crippen LogP contribution in [0.3, 0.4) is 0 Å². The highest BCUT2D eigenvalue weighted by molar-refractivity contribution is 5.99. The Balaban J connectivity index is 1.44. The number of unbranched alkanes of at least 4 members (excludes halogenated alkanes) is 1. The lowest BCUT2D eigenvalue weighted by Crippen LogP contribution is -2.36. The third kappa shape index (κ3) is 5.23. The molecule has 3 aromatic rings. The van der Waals surface area contributed by atoms with Crippen molar-refractivity contribution in [3.63, 3.8) is 0 Å². The summed E-state index contributed by atoms with van der Waals surface area (Å²) in [5, 5.41) is 0.403. The molecular weight excluding hydrogens is 406 g/mol. The van der Waals surface area contributed by atoms with Gasteiger partial charge in [0.05, 0.1) is 30.7 Å². The van der Waals surface area contributed by atoms with Gasteiger partial charge < -0.3 is 9.72 Å². The standard InChI is InChI=1S/C25H29N3O4/c1-18-5-7-19(8-6-18)17-28-24(30)21-10-9-20(16-22(21)26-25(28)31)23(29)4-2-3-11-27-12-14-32-15-13-27/h5-10,16H,2-4,11-15,17H2,1H3,(H,26,31). The number of hydrogen-bond acceptors (Lipinski definition) is 5. The molecule has 7 nitrogen and oxygen atoms in total. The first kappa shape index (κ1) is 22.2. The zero-order chi connectivity index (χ0) is 22.5. The number of ether oxygens (including phenoxy) is 1. The first-order valence-corrected chi connectivity index (χ1v) is 11.2. The highest BCUT2D eigenvalue weighted by Crippen LogP contribution is 2.14. The predicted octanol–water partition coefficient (Wildman–Crippen LogP) is 2.73. The van der Waals surface area contributed by atoms with Crippen molar-refractivity contribution in [2.75, 3.05) is 32.8 Å². The molecule has 7 heteroatoms. The van der Waals surface area contributed by atoms with Crippen molar-refractivity contribution in [1.82, 2.24) is 14.5 Å². The minimum atomic E-state index is -0.474. The number of nitrogens with zero attached hydrogens (tertiary/aromatic N) is 2. The predicted molar refractivity (Wildman–Crippen MR) is 125 cm³/mol. The molecule has 1 N–H and O–H groups in total. The number of nitrogens with one attached hydrogen (secondary N) is 1. The number of benzene rings is 2. The van der Waals surface area contributed by atoms with Crippen molar-refractivity contribution in [3.8, 4) is 0 Å². The maximum absolute atomic E-state index is 12.9. The third-order valence-electron chi connectivity index (χ3n) is 6.00. The SMILES string of the molecule is Cc1ccc(Cn2c(=O)[nH]c3cc(C(=O)CCCCN4CCOCC4)ccc3c2=O)cc1. The van der Waals surface area contributed by atoms with E-state index in [1.807, 2.05) is 31.2 Å². The molecule has 0 bridgehead atoms. The molecule has 0 saturated carbocycles. The Morgan fingerprint density at radius 2 is 1.78 bits per heavy atom. The topological polar surface area (TPSA) is 84.4 Å². The number of carbonyl (C=O) groups is 1. The van der Waals surface area contributed by atoms with E-state index < -0.39 is 5.69 Å². The van der Waals surface area contributed by atoms with E-state index in [1.54, 1.807) is 18.2 Å². The molecule has 0 amide bonds. The molecule has 1 aliphatic rings. The van der Waals surface area contributed by atoms with Gasteiger partial charge in [-0.25, -0.2) is 4.79 Å². The lowest BCUT2D eigenvalue weighted by atomic mass is 10.0. The second kappa shape index (κ2) is 10.1. The number of aryl methyl sites for hydroxylation is 1. The molecule has 0 spiro atoms. The van der Waals surface area contributed by atoms with Crippen molar-refractivity contribution in [1.29, 1.82) is 0 Å². The summed E-state index contributed by atoms with van der Waals surface area (Å²) in [5.74, 6) is 0.0264. The summed E-state index contributed by atoms with van der Waals surface area (Å²) in [6, 6.07) is 12.7. The van der Waals surface area contributed by atoms with Crippen molar-refractivity contribution < 1.29 is 9.53 Å². The summed E-state index contributed by atoms with van der Waals surface area (Å²) in [4.78, 5) is 43.3. The van der Waals surface area contributed by atoms with Gasteiger partial charge >= 0.3 is 5.69 Å². The van der Waals surface area contributed by atoms with Gasteiger partial charge in [0, 0.05) is 25.1 Å². The monoisotopic (exact) mass is 435 g/mol. The molecule has 2 heterocycles. The van der Waals surface area contributed by atoms with E-state index in [0.29, 0.717) is 22.9 Å². The van der Waals surface area contributed by atoms with Gasteiger partial charge in [0.2, 0.25) is 0 Å². The Hall–Kier alpha value is -3.03. The van der Waals surface area contributed by atoms with Gasteiger partial charge in [-0.2, -0.15) is 0 Å². The molecule has 4 rings (SSSR count). The summed E-state index contributed by atoms with van der Waals surface area (Å²) < 4.78 is 6.55. The Morgan fingerprint density at radius 3 is 2.53 bits per heavy atom. The molecule has 168 valence electrons. The molecule has 32 heavy (non-hydrogen) atoms. The Morgan fingerprint density at radius 1 is 1.03 bits per heavy atom. The van der Waals surface area contributed by atoms with Gasteiger partial charge in [0.25, 0.3) is 5.56 Å². The molecule has 0 unspecified atom stereocenters. The first-order valence-electron chi connectivity index (χ1n) is 11.2. The Bertz CT molecular complexity index is 1200. The molecule has 2 aromatic carbocycles. The number of rotatable bonds is 8. The molecular formula is C25H29N3O4. The van der Waals surface area contributed by atoms with E-state index in [0.717, 1.165) is 56.8 Å². The minimum Gasteiger partial charge on any atom is -0.379 e. The van der Waals surface area contributed by atoms with Crippen molar-refractivity contribution >= 4 is 16.7 Å². The van der Waals surface area contributed by atoms with Crippen LogP contribution in [0.2, 0.25) is 0 Å². The number of carbonyl (C=O) groups excluding carboxylic acids is 1. The maximum Gasteiger partial charge on any atom is 0.329 e. The summed E-state index contributed by atoms with van der Waals surface area (Å²) >= 11 is 0. The van der Waals surface area contributed by atoms with Crippen LogP contribution in [0.5, 0.6) is 0 Å². The van der Waals surface area contributed by atoms with Gasteiger partial charge in [0.1, 0.15) is 0 Å². The Labute approximate surface area is 186 Å². The van der Waals surface area contributed by atoms with Crippen LogP contribution < -0.4 is 11.2 Å². The average molecular weight is 436 g/mol. The van der Waals surface area contributed by atoms with Gasteiger partial charge in [-0.1, -0.05) is 35.9 Å². The first-order chi connectivity index (χ1) is 15.5. The average Bonchev–Trinajstić information content (AvgIpc) is 2.81. The van der Waals surface area contributed by atoms with Crippen LogP contribution in [0.15, 0.2) is 52.1 Å². The summed E-state index contributed by atoms with van der Waals surface area (Å²) in [6.07, 6.45) is 2.22. The van der Waals surface area contributed by atoms with E-state index in [9.17, 15) is 14.4 Å². The highest BCUT2D eigenvalue weighted by atomic mass is 16.5. The van der Waals surface area contributed by atoms with E-state index in [2.05, 4.69) is 9.88 Å². The van der Waals surface area contributed by atoms with Crippen LogP contribution >= 0.6 is 0 Å². The number of aromatic amines is 1. The number of morpholine rings is 1. The van der Waals surface area contributed by atoms with Crippen molar-refractivity contribution in [2.24, 2.45) is 0 Å². The third-order valence-corrected chi connectivity index (χ3v) is 6.00. The fourth-order valence-corrected chi connectivity index (χ4v) is 4.04. The van der Waals surface area contributed by atoms with Crippen molar-refractivity contribution in [3.05, 3.63) is 80.0 Å². The Kier molecular flexibility index (Phi) is 6.97. The summed E-state index contributed by atoms with van der Waals surface area (Å²) in [5.41, 5.74) is 2.10. The summed E-state index contributed by atoms with van der Waals surface area (Å²) in [6.45, 7) is 6.63. The minimum absolute atomic E-state index is 0.0264. The van der Waals surface area contributed by atoms with Gasteiger partial charge in [0.15, 0.2) is 5.78 Å². The molecule has 1 fully saturated rings. The smallest absolute Gasteiger partial charge is 0.329 e. The van der Waals surface area contributed by atoms with Crippen LogP contribution in [-0.2, 0) is 11.3 Å². The quantitative estimate of drug-likeness (QED) is 0.434. The molecule has 0 radical (unpaired) electrons. The lowest BCUT2D eigenvalue weighted by molar-refractivity contribution is 0.0371. The second-order valence-corrected chi connectivity index (χ2v) is 8.40. The fourth-order valence-electron chi connectivity index (χ4n) is 4.04. The number of fused-ring (bicyclic) bond motifs is 1. The molecule has 1 saturated heterocycles. The maximum atomic E-state index is 12.9. The van der Waals surface area contributed by atoms with Crippen LogP contribution in [-0.4, -0.2) is 53.1 Å². The van der Waals surface area contributed by atoms with Crippen molar-refractivity contribution in [2.45, 2.75) is 32.7 Å². The normalized spacial score (nSPS) is 14.7. The zero-order valence-electron chi connectivity index (χ0n) is 18.4. The van der Waals surface area contributed by atoms with Gasteiger partial charge in [-0.05, 0) is 44.0 Å². The van der Waals surface area contributed by atoms with Crippen LogP contribution in [0, 0.1) is 6.92 Å². The number of hydrogen-bond donors (Lipinski definition) is 1. The number of H-pyrrole nitrogens is 1. The van der Waals surface area contributed by atoms with Crippen LogP contribution in [0.25, 0.3) is 10.9 Å². The highest BCUT2D eigenvalue weighted by Gasteiger charge is 2.13. The second-order valence-electron chi connectivity index (χ2n) is 8.40. The van der Waals surface area contributed by atoms with Crippen LogP contribution in [0.1, 0.15) is 40.7 Å². The van der Waals surface area contributed by atoms with E-state index in [-0.39, 0.29) is 17.9 Å². The van der Waals surface area contributed by atoms with E-state index >= 15 is 0 Å². The van der Waals surface area contributed by atoms with Gasteiger partial charge in [-0.15, -0.1) is 0 Å². The van der Waals surface area contributed by atoms with E-state index in [1.165, 1.54) is 4.57 Å². The molecule has 0 atom stereocenters. The number of Topliss-reactive ketones (excluding diaryl/α,β-unsaturated/α-hetero) is 1. The molecule has 1 aliphatic heterocycles. The van der Waals surface area contributed by atoms with Gasteiger partial charge in [-0.3, -0.25) is 19.1 Å². The molecule has 0 aliphatic carbocycles. The number of ketones is 1. The zero-order valence-corrected chi connectivity index (χ0v) is 18.4.